The lowest BCUT2D eigenvalue weighted by molar-refractivity contribution is -0.183. The van der Waals surface area contributed by atoms with E-state index in [1.807, 2.05) is 0 Å². The number of halogens is 6. The molecule has 1 aliphatic carbocycles. The molecule has 1 fully saturated rings. The largest absolute Gasteiger partial charge is 0.405 e. The van der Waals surface area contributed by atoms with Gasteiger partial charge in [-0.3, -0.25) is 0 Å². The van der Waals surface area contributed by atoms with Crippen molar-refractivity contribution in [2.75, 3.05) is 6.54 Å². The van der Waals surface area contributed by atoms with E-state index < -0.39 is 36.9 Å². The van der Waals surface area contributed by atoms with Gasteiger partial charge in [0.2, 0.25) is 0 Å². The van der Waals surface area contributed by atoms with E-state index in [9.17, 15) is 31.1 Å². The fourth-order valence-corrected chi connectivity index (χ4v) is 2.04. The first-order valence-corrected chi connectivity index (χ1v) is 5.76. The molecule has 0 aromatic rings. The van der Waals surface area contributed by atoms with Crippen molar-refractivity contribution in [1.29, 1.82) is 0 Å². The van der Waals surface area contributed by atoms with E-state index in [1.165, 1.54) is 0 Å². The molecule has 2 N–H and O–H groups in total. The fraction of sp³-hybridized carbons (Fsp3) is 0.900. The molecule has 0 spiro atoms. The summed E-state index contributed by atoms with van der Waals surface area (Å²) in [7, 11) is 0. The van der Waals surface area contributed by atoms with E-state index in [-0.39, 0.29) is 19.3 Å². The first-order valence-electron chi connectivity index (χ1n) is 5.76. The third-order valence-corrected chi connectivity index (χ3v) is 2.92. The van der Waals surface area contributed by atoms with Crippen LogP contribution in [-0.2, 0) is 0 Å². The predicted octanol–water partition coefficient (Wildman–Crippen LogP) is 2.97. The monoisotopic (exact) mass is 292 g/mol. The lowest BCUT2D eigenvalue weighted by Crippen LogP contribution is -2.47. The second-order valence-corrected chi connectivity index (χ2v) is 4.54. The zero-order valence-corrected chi connectivity index (χ0v) is 9.87. The maximum Gasteiger partial charge on any atom is 0.405 e. The number of carbonyl (C=O) groups is 1. The third-order valence-electron chi connectivity index (χ3n) is 2.92. The summed E-state index contributed by atoms with van der Waals surface area (Å²) in [5.74, 6) is -1.51. The van der Waals surface area contributed by atoms with Crippen molar-refractivity contribution in [1.82, 2.24) is 10.6 Å². The average Bonchev–Trinajstić information content (AvgIpc) is 2.25. The molecule has 1 saturated carbocycles. The highest BCUT2D eigenvalue weighted by molar-refractivity contribution is 5.74. The average molecular weight is 292 g/mol. The number of urea groups is 1. The molecule has 0 radical (unpaired) electrons. The van der Waals surface area contributed by atoms with Gasteiger partial charge in [0, 0.05) is 6.04 Å². The summed E-state index contributed by atoms with van der Waals surface area (Å²) in [5, 5.41) is 3.71. The first-order chi connectivity index (χ1) is 8.58. The molecule has 0 aromatic carbocycles. The van der Waals surface area contributed by atoms with Crippen molar-refractivity contribution < 1.29 is 31.1 Å². The van der Waals surface area contributed by atoms with Crippen molar-refractivity contribution in [3.05, 3.63) is 0 Å². The highest BCUT2D eigenvalue weighted by Crippen LogP contribution is 2.37. The van der Waals surface area contributed by atoms with Crippen LogP contribution in [0.5, 0.6) is 0 Å². The zero-order valence-electron chi connectivity index (χ0n) is 9.87. The lowest BCUT2D eigenvalue weighted by atomic mass is 9.85. The van der Waals surface area contributed by atoms with E-state index in [0.717, 1.165) is 0 Å². The Morgan fingerprint density at radius 1 is 1.11 bits per heavy atom. The second kappa shape index (κ2) is 5.87. The smallest absolute Gasteiger partial charge is 0.335 e. The Hall–Kier alpha value is -1.15. The molecule has 1 aliphatic rings. The van der Waals surface area contributed by atoms with Gasteiger partial charge in [-0.2, -0.15) is 26.3 Å². The minimum absolute atomic E-state index is 0.00809. The molecule has 112 valence electrons. The molecule has 2 atom stereocenters. The molecule has 9 heteroatoms. The molecule has 3 nitrogen and oxygen atoms in total. The van der Waals surface area contributed by atoms with Crippen molar-refractivity contribution >= 4 is 6.03 Å². The van der Waals surface area contributed by atoms with Gasteiger partial charge in [0.15, 0.2) is 0 Å². The van der Waals surface area contributed by atoms with Crippen molar-refractivity contribution in [2.45, 2.75) is 44.1 Å². The fourth-order valence-electron chi connectivity index (χ4n) is 2.04. The minimum atomic E-state index is -4.54. The Morgan fingerprint density at radius 2 is 1.74 bits per heavy atom. The van der Waals surface area contributed by atoms with Gasteiger partial charge in [0.05, 0.1) is 5.92 Å². The van der Waals surface area contributed by atoms with E-state index in [1.54, 1.807) is 5.32 Å². The van der Waals surface area contributed by atoms with Crippen LogP contribution in [0.3, 0.4) is 0 Å². The lowest BCUT2D eigenvalue weighted by Gasteiger charge is -2.31. The Balaban J connectivity index is 2.38. The number of alkyl halides is 6. The van der Waals surface area contributed by atoms with E-state index in [2.05, 4.69) is 5.32 Å². The Morgan fingerprint density at radius 3 is 2.26 bits per heavy atom. The van der Waals surface area contributed by atoms with Gasteiger partial charge in [0.25, 0.3) is 0 Å². The van der Waals surface area contributed by atoms with E-state index in [0.29, 0.717) is 6.42 Å². The summed E-state index contributed by atoms with van der Waals surface area (Å²) >= 11 is 0. The van der Waals surface area contributed by atoms with Gasteiger partial charge in [-0.25, -0.2) is 4.79 Å². The van der Waals surface area contributed by atoms with Crippen molar-refractivity contribution in [2.24, 2.45) is 5.92 Å². The van der Waals surface area contributed by atoms with Gasteiger partial charge >= 0.3 is 18.4 Å². The van der Waals surface area contributed by atoms with Gasteiger partial charge in [-0.1, -0.05) is 6.42 Å². The van der Waals surface area contributed by atoms with Crippen LogP contribution in [0, 0.1) is 5.92 Å². The van der Waals surface area contributed by atoms with Gasteiger partial charge < -0.3 is 10.6 Å². The summed E-state index contributed by atoms with van der Waals surface area (Å²) in [6.45, 7) is -1.51. The molecule has 1 rings (SSSR count). The van der Waals surface area contributed by atoms with Crippen molar-refractivity contribution in [3.8, 4) is 0 Å². The maximum atomic E-state index is 12.5. The first kappa shape index (κ1) is 15.9. The summed E-state index contributed by atoms with van der Waals surface area (Å²) in [6.07, 6.45) is -8.55. The molecular weight excluding hydrogens is 278 g/mol. The van der Waals surface area contributed by atoms with Crippen LogP contribution in [0.25, 0.3) is 0 Å². The van der Waals surface area contributed by atoms with Crippen LogP contribution in [0.15, 0.2) is 0 Å². The second-order valence-electron chi connectivity index (χ2n) is 4.54. The van der Waals surface area contributed by atoms with Gasteiger partial charge in [0.1, 0.15) is 6.54 Å². The van der Waals surface area contributed by atoms with Crippen LogP contribution in [-0.4, -0.2) is 31.0 Å². The molecule has 19 heavy (non-hydrogen) atoms. The van der Waals surface area contributed by atoms with Crippen LogP contribution < -0.4 is 10.6 Å². The summed E-state index contributed by atoms with van der Waals surface area (Å²) < 4.78 is 72.9. The topological polar surface area (TPSA) is 41.1 Å². The molecule has 2 amide bonds. The van der Waals surface area contributed by atoms with Gasteiger partial charge in [-0.05, 0) is 19.3 Å². The number of carbonyl (C=O) groups excluding carboxylic acids is 1. The Kier molecular flexibility index (Phi) is 4.92. The third kappa shape index (κ3) is 6.02. The molecular formula is C10H14F6N2O. The summed E-state index contributed by atoms with van der Waals surface area (Å²) in [5.41, 5.74) is 0. The standard InChI is InChI=1S/C10H14F6N2O/c11-9(12,13)5-17-8(19)18-7-3-1-2-6(4-7)10(14,15)16/h6-7H,1-5H2,(H2,17,18,19). The van der Waals surface area contributed by atoms with Crippen LogP contribution in [0.1, 0.15) is 25.7 Å². The number of rotatable bonds is 2. The Labute approximate surface area is 105 Å². The highest BCUT2D eigenvalue weighted by atomic mass is 19.4. The molecule has 0 aromatic heterocycles. The van der Waals surface area contributed by atoms with E-state index in [4.69, 9.17) is 0 Å². The van der Waals surface area contributed by atoms with Crippen LogP contribution in [0.2, 0.25) is 0 Å². The molecule has 0 saturated heterocycles. The highest BCUT2D eigenvalue weighted by Gasteiger charge is 2.42. The normalized spacial score (nSPS) is 24.9. The van der Waals surface area contributed by atoms with Crippen LogP contribution in [0.4, 0.5) is 31.1 Å². The zero-order chi connectivity index (χ0) is 14.7. The van der Waals surface area contributed by atoms with E-state index >= 15 is 0 Å². The quantitative estimate of drug-likeness (QED) is 0.755. The molecule has 0 heterocycles. The van der Waals surface area contributed by atoms with Crippen LogP contribution >= 0.6 is 0 Å². The molecule has 2 unspecified atom stereocenters. The number of nitrogens with one attached hydrogen (secondary N) is 2. The van der Waals surface area contributed by atoms with Crippen molar-refractivity contribution in [3.63, 3.8) is 0 Å². The minimum Gasteiger partial charge on any atom is -0.335 e. The number of hydrogen-bond donors (Lipinski definition) is 2. The summed E-state index contributed by atoms with van der Waals surface area (Å²) in [6, 6.07) is -1.83. The summed E-state index contributed by atoms with van der Waals surface area (Å²) in [4.78, 5) is 11.1. The Bertz CT molecular complexity index is 314. The molecule has 0 bridgehead atoms. The van der Waals surface area contributed by atoms with Gasteiger partial charge in [-0.15, -0.1) is 0 Å². The SMILES string of the molecule is O=C(NCC(F)(F)F)NC1CCCC(C(F)(F)F)C1. The number of hydrogen-bond acceptors (Lipinski definition) is 1. The maximum absolute atomic E-state index is 12.5. The predicted molar refractivity (Wildman–Crippen MR) is 54.4 cm³/mol. The molecule has 0 aliphatic heterocycles. The number of amides is 2.